The van der Waals surface area contributed by atoms with Gasteiger partial charge in [0.25, 0.3) is 10.1 Å². The summed E-state index contributed by atoms with van der Waals surface area (Å²) in [5, 5.41) is -2.19. The van der Waals surface area contributed by atoms with E-state index in [1.54, 1.807) is 19.9 Å². The van der Waals surface area contributed by atoms with E-state index in [0.29, 0.717) is 11.5 Å². The molecule has 3 unspecified atom stereocenters. The molecule has 0 radical (unpaired) electrons. The molecule has 0 aliphatic heterocycles. The first-order valence-corrected chi connectivity index (χ1v) is 27.5. The summed E-state index contributed by atoms with van der Waals surface area (Å²) in [7, 11) is -5.03. The Balaban J connectivity index is 1.78. The lowest BCUT2D eigenvalue weighted by molar-refractivity contribution is -0.171. The van der Waals surface area contributed by atoms with Crippen molar-refractivity contribution in [3.63, 3.8) is 0 Å². The summed E-state index contributed by atoms with van der Waals surface area (Å²) in [5.41, 5.74) is 1.97. The lowest BCUT2D eigenvalue weighted by Gasteiger charge is -2.23. The summed E-state index contributed by atoms with van der Waals surface area (Å²) < 4.78 is 58.1. The molecule has 0 aromatic heterocycles. The van der Waals surface area contributed by atoms with E-state index in [1.165, 1.54) is 154 Å². The van der Waals surface area contributed by atoms with Crippen LogP contribution in [0.25, 0.3) is 0 Å². The Morgan fingerprint density at radius 1 is 0.469 bits per heavy atom. The number of aryl methyl sites for hydroxylation is 2. The minimum absolute atomic E-state index is 0.214. The van der Waals surface area contributed by atoms with Gasteiger partial charge in [-0.2, -0.15) is 8.42 Å². The number of hydrogen-bond acceptors (Lipinski definition) is 8. The van der Waals surface area contributed by atoms with Gasteiger partial charge >= 0.3 is 11.9 Å². The molecule has 9 nitrogen and oxygen atoms in total. The zero-order chi connectivity index (χ0) is 46.5. The Bertz CT molecular complexity index is 1580. The first-order chi connectivity index (χ1) is 31.1. The molecule has 1 N–H and O–H groups in total. The Labute approximate surface area is 390 Å². The molecule has 0 aliphatic carbocycles. The molecule has 0 aliphatic rings. The van der Waals surface area contributed by atoms with Crippen LogP contribution >= 0.6 is 0 Å². The van der Waals surface area contributed by atoms with Gasteiger partial charge < -0.3 is 18.9 Å². The number of benzene rings is 2. The molecule has 64 heavy (non-hydrogen) atoms. The normalized spacial score (nSPS) is 13.0. The van der Waals surface area contributed by atoms with Crippen molar-refractivity contribution in [2.45, 2.75) is 257 Å². The van der Waals surface area contributed by atoms with Crippen molar-refractivity contribution >= 4 is 22.1 Å². The molecule has 0 bridgehead atoms. The number of hydrogen-bond donors (Lipinski definition) is 1. The molecule has 0 heterocycles. The van der Waals surface area contributed by atoms with Gasteiger partial charge in [-0.3, -0.25) is 14.1 Å². The number of unbranched alkanes of at least 4 members (excludes halogenated alkanes) is 26. The van der Waals surface area contributed by atoms with Crippen molar-refractivity contribution < 1.29 is 41.5 Å². The van der Waals surface area contributed by atoms with Crippen LogP contribution in [0, 0.1) is 0 Å². The lowest BCUT2D eigenvalue weighted by atomic mass is 10.0. The van der Waals surface area contributed by atoms with Gasteiger partial charge in [0.2, 0.25) is 12.6 Å². The van der Waals surface area contributed by atoms with Crippen LogP contribution in [0.3, 0.4) is 0 Å². The number of esters is 2. The minimum Gasteiger partial charge on any atom is -0.455 e. The molecule has 0 spiro atoms. The molecule has 2 aromatic carbocycles. The second-order valence-corrected chi connectivity index (χ2v) is 19.6. The molecule has 0 saturated heterocycles. The maximum absolute atomic E-state index is 13.3. The van der Waals surface area contributed by atoms with Crippen LogP contribution in [0.1, 0.15) is 238 Å². The predicted octanol–water partition coefficient (Wildman–Crippen LogP) is 15.4. The number of para-hydroxylation sites is 2. The van der Waals surface area contributed by atoms with E-state index in [0.717, 1.165) is 49.7 Å². The molecule has 2 aromatic rings. The molecular formula is C54H90O9S. The fourth-order valence-electron chi connectivity index (χ4n) is 8.20. The van der Waals surface area contributed by atoms with E-state index in [4.69, 9.17) is 18.9 Å². The largest absolute Gasteiger partial charge is 0.455 e. The van der Waals surface area contributed by atoms with Crippen LogP contribution < -0.4 is 9.47 Å². The van der Waals surface area contributed by atoms with Crippen LogP contribution in [0.15, 0.2) is 48.5 Å². The fraction of sp³-hybridized carbons (Fsp3) is 0.741. The Morgan fingerprint density at radius 2 is 0.781 bits per heavy atom. The van der Waals surface area contributed by atoms with Gasteiger partial charge in [-0.25, -0.2) is 0 Å². The second-order valence-electron chi connectivity index (χ2n) is 18.0. The van der Waals surface area contributed by atoms with E-state index >= 15 is 0 Å². The number of carbonyl (C=O) groups is 2. The van der Waals surface area contributed by atoms with Crippen molar-refractivity contribution in [2.24, 2.45) is 0 Å². The van der Waals surface area contributed by atoms with Crippen molar-refractivity contribution in [3.05, 3.63) is 59.7 Å². The third-order valence-electron chi connectivity index (χ3n) is 12.2. The SMILES string of the molecule is CCCCCCCCCCCCCCCCc1ccccc1OC(CC)OC(=O)CC(C(=O)OC(CC)Oc1ccccc1CCCCCCCCCCCCCCCC)S(=O)(=O)O. The van der Waals surface area contributed by atoms with Crippen LogP contribution in [0.2, 0.25) is 0 Å². The van der Waals surface area contributed by atoms with Crippen molar-refractivity contribution in [1.82, 2.24) is 0 Å². The van der Waals surface area contributed by atoms with E-state index in [-0.39, 0.29) is 12.8 Å². The first kappa shape index (κ1) is 57.0. The summed E-state index contributed by atoms with van der Waals surface area (Å²) in [6.07, 6.45) is 35.1. The molecule has 0 fully saturated rings. The average molecular weight is 915 g/mol. The van der Waals surface area contributed by atoms with Gasteiger partial charge in [0.15, 0.2) is 5.25 Å². The quantitative estimate of drug-likeness (QED) is 0.0300. The van der Waals surface area contributed by atoms with E-state index < -0.39 is 46.3 Å². The molecule has 0 amide bonds. The third-order valence-corrected chi connectivity index (χ3v) is 13.3. The smallest absolute Gasteiger partial charge is 0.330 e. The predicted molar refractivity (Wildman–Crippen MR) is 262 cm³/mol. The highest BCUT2D eigenvalue weighted by molar-refractivity contribution is 7.87. The summed E-state index contributed by atoms with van der Waals surface area (Å²) >= 11 is 0. The summed E-state index contributed by atoms with van der Waals surface area (Å²) in [6, 6.07) is 15.2. The maximum atomic E-state index is 13.3. The van der Waals surface area contributed by atoms with Crippen molar-refractivity contribution in [3.8, 4) is 11.5 Å². The first-order valence-electron chi connectivity index (χ1n) is 26.0. The van der Waals surface area contributed by atoms with Gasteiger partial charge in [-0.15, -0.1) is 0 Å². The van der Waals surface area contributed by atoms with Crippen LogP contribution in [0.4, 0.5) is 0 Å². The van der Waals surface area contributed by atoms with E-state index in [1.807, 2.05) is 42.5 Å². The minimum atomic E-state index is -5.03. The molecule has 3 atom stereocenters. The molecule has 0 saturated carbocycles. The van der Waals surface area contributed by atoms with Gasteiger partial charge in [0.1, 0.15) is 11.5 Å². The summed E-state index contributed by atoms with van der Waals surface area (Å²) in [6.45, 7) is 8.04. The molecule has 10 heteroatoms. The molecule has 2 rings (SSSR count). The van der Waals surface area contributed by atoms with Gasteiger partial charge in [0.05, 0.1) is 6.42 Å². The Hall–Kier alpha value is -3.11. The zero-order valence-electron chi connectivity index (χ0n) is 40.8. The maximum Gasteiger partial charge on any atom is 0.330 e. The lowest BCUT2D eigenvalue weighted by Crippen LogP contribution is -2.38. The topological polar surface area (TPSA) is 125 Å². The highest BCUT2D eigenvalue weighted by Crippen LogP contribution is 2.26. The Morgan fingerprint density at radius 3 is 1.11 bits per heavy atom. The van der Waals surface area contributed by atoms with E-state index in [9.17, 15) is 22.6 Å². The molecule has 366 valence electrons. The number of carbonyl (C=O) groups excluding carboxylic acids is 2. The average Bonchev–Trinajstić information content (AvgIpc) is 3.28. The van der Waals surface area contributed by atoms with Crippen LogP contribution in [-0.4, -0.2) is 42.7 Å². The number of ether oxygens (including phenoxy) is 4. The van der Waals surface area contributed by atoms with Crippen LogP contribution in [0.5, 0.6) is 11.5 Å². The standard InChI is InChI=1S/C54H90O9S/c1-5-9-11-13-15-17-19-21-23-25-27-29-31-33-39-46-41-35-37-43-48(46)60-52(7-3)62-51(55)45-50(64(57,58)59)54(56)63-53(8-4)61-49-44-38-36-42-47(49)40-34-32-30-28-26-24-22-20-18-16-14-12-10-6-2/h35-38,41-44,50,52-53H,5-34,39-40,45H2,1-4H3,(H,57,58,59). The highest BCUT2D eigenvalue weighted by Gasteiger charge is 2.38. The van der Waals surface area contributed by atoms with Crippen LogP contribution in [-0.2, 0) is 42.0 Å². The second kappa shape index (κ2) is 37.0. The van der Waals surface area contributed by atoms with Gasteiger partial charge in [-0.05, 0) is 48.9 Å². The van der Waals surface area contributed by atoms with Crippen molar-refractivity contribution in [1.29, 1.82) is 0 Å². The third kappa shape index (κ3) is 27.4. The van der Waals surface area contributed by atoms with Crippen molar-refractivity contribution in [2.75, 3.05) is 0 Å². The van der Waals surface area contributed by atoms with Gasteiger partial charge in [-0.1, -0.05) is 231 Å². The summed E-state index contributed by atoms with van der Waals surface area (Å²) in [4.78, 5) is 26.4. The highest BCUT2D eigenvalue weighted by atomic mass is 32.2. The zero-order valence-corrected chi connectivity index (χ0v) is 41.6. The fourth-order valence-corrected chi connectivity index (χ4v) is 8.84. The summed E-state index contributed by atoms with van der Waals surface area (Å²) in [5.74, 6) is -1.16. The monoisotopic (exact) mass is 915 g/mol. The Kier molecular flexibility index (Phi) is 33.0. The molecular weight excluding hydrogens is 825 g/mol. The number of rotatable bonds is 42. The van der Waals surface area contributed by atoms with Gasteiger partial charge in [0, 0.05) is 12.8 Å². The van der Waals surface area contributed by atoms with E-state index in [2.05, 4.69) is 13.8 Å².